The first-order valence-corrected chi connectivity index (χ1v) is 6.19. The molecule has 3 aromatic rings. The Morgan fingerprint density at radius 2 is 1.70 bits per heavy atom. The Bertz CT molecular complexity index is 920. The number of hydrogen-bond acceptors (Lipinski definition) is 3. The number of fused-ring (bicyclic) bond motifs is 1. The average Bonchev–Trinajstić information content (AvgIpc) is 2.89. The van der Waals surface area contributed by atoms with E-state index in [-0.39, 0.29) is 16.9 Å². The van der Waals surface area contributed by atoms with Gasteiger partial charge in [-0.15, -0.1) is 0 Å². The molecule has 0 radical (unpaired) electrons. The van der Waals surface area contributed by atoms with Crippen molar-refractivity contribution in [3.05, 3.63) is 68.4 Å². The zero-order chi connectivity index (χ0) is 14.4. The Morgan fingerprint density at radius 1 is 1.05 bits per heavy atom. The maximum atomic E-state index is 12.4. The molecular formula is C15H12N2O3. The Balaban J connectivity index is 2.49. The number of nitrogens with zero attached hydrogens (tertiary/aromatic N) is 2. The number of aryl methyl sites for hydroxylation is 1. The van der Waals surface area contributed by atoms with Crippen LogP contribution in [0.1, 0.15) is 23.0 Å². The van der Waals surface area contributed by atoms with Gasteiger partial charge in [0.25, 0.3) is 11.1 Å². The van der Waals surface area contributed by atoms with E-state index in [1.165, 1.54) is 22.0 Å². The molecule has 0 spiro atoms. The molecule has 0 aliphatic heterocycles. The van der Waals surface area contributed by atoms with Crippen LogP contribution in [0.4, 0.5) is 0 Å². The predicted molar refractivity (Wildman–Crippen MR) is 74.7 cm³/mol. The number of hydrogen-bond donors (Lipinski definition) is 0. The van der Waals surface area contributed by atoms with Crippen LogP contribution in [0, 0.1) is 6.92 Å². The highest BCUT2D eigenvalue weighted by atomic mass is 16.2. The van der Waals surface area contributed by atoms with Gasteiger partial charge in [-0.3, -0.25) is 14.4 Å². The molecule has 0 fully saturated rings. The van der Waals surface area contributed by atoms with Crippen molar-refractivity contribution in [2.45, 2.75) is 13.8 Å². The lowest BCUT2D eigenvalue weighted by Gasteiger charge is -1.98. The topological polar surface area (TPSA) is 60.0 Å². The summed E-state index contributed by atoms with van der Waals surface area (Å²) in [7, 11) is 0. The van der Waals surface area contributed by atoms with Crippen molar-refractivity contribution < 1.29 is 4.79 Å². The molecular weight excluding hydrogens is 256 g/mol. The van der Waals surface area contributed by atoms with Crippen LogP contribution in [0.3, 0.4) is 0 Å². The van der Waals surface area contributed by atoms with Crippen LogP contribution in [-0.4, -0.2) is 14.8 Å². The van der Waals surface area contributed by atoms with E-state index in [0.29, 0.717) is 11.4 Å². The third kappa shape index (κ3) is 1.53. The Kier molecular flexibility index (Phi) is 2.57. The van der Waals surface area contributed by atoms with E-state index >= 15 is 0 Å². The first-order chi connectivity index (χ1) is 9.52. The molecule has 100 valence electrons. The van der Waals surface area contributed by atoms with Crippen molar-refractivity contribution in [1.29, 1.82) is 0 Å². The average molecular weight is 268 g/mol. The monoisotopic (exact) mass is 268 g/mol. The maximum absolute atomic E-state index is 12.4. The van der Waals surface area contributed by atoms with Gasteiger partial charge < -0.3 is 0 Å². The number of benzene rings is 1. The fourth-order valence-electron chi connectivity index (χ4n) is 2.55. The summed E-state index contributed by atoms with van der Waals surface area (Å²) in [5, 5.41) is 0. The summed E-state index contributed by atoms with van der Waals surface area (Å²) >= 11 is 0. The predicted octanol–water partition coefficient (Wildman–Crippen LogP) is 1.38. The van der Waals surface area contributed by atoms with Crippen molar-refractivity contribution in [3.63, 3.8) is 0 Å². The second kappa shape index (κ2) is 4.16. The molecule has 0 amide bonds. The highest BCUT2D eigenvalue weighted by molar-refractivity contribution is 5.95. The molecule has 2 aromatic heterocycles. The van der Waals surface area contributed by atoms with Crippen LogP contribution in [0.15, 0.2) is 46.0 Å². The van der Waals surface area contributed by atoms with Crippen LogP contribution in [-0.2, 0) is 0 Å². The third-order valence-corrected chi connectivity index (χ3v) is 3.40. The van der Waals surface area contributed by atoms with Gasteiger partial charge in [-0.05, 0) is 13.8 Å². The molecule has 20 heavy (non-hydrogen) atoms. The summed E-state index contributed by atoms with van der Waals surface area (Å²) in [5.74, 6) is -0.331. The van der Waals surface area contributed by atoms with E-state index in [1.54, 1.807) is 6.92 Å². The highest BCUT2D eigenvalue weighted by Crippen LogP contribution is 2.17. The molecule has 2 heterocycles. The molecule has 5 nitrogen and oxygen atoms in total. The SMILES string of the molecule is CC(=O)c1c(C)n2c(=O)cc(-c3ccccc3)n2c1=O. The minimum atomic E-state index is -0.448. The van der Waals surface area contributed by atoms with Crippen molar-refractivity contribution in [3.8, 4) is 11.3 Å². The maximum Gasteiger partial charge on any atom is 0.283 e. The standard InChI is InChI=1S/C15H12N2O3/c1-9-14(10(2)18)15(20)17-12(8-13(19)16(9)17)11-6-4-3-5-7-11/h3-8H,1-2H3. The Morgan fingerprint density at radius 3 is 2.30 bits per heavy atom. The quantitative estimate of drug-likeness (QED) is 0.660. The second-order valence-electron chi connectivity index (χ2n) is 4.68. The largest absolute Gasteiger partial charge is 0.294 e. The molecule has 0 N–H and O–H groups in total. The molecule has 0 unspecified atom stereocenters. The number of Topliss-reactive ketones (excluding diaryl/α,β-unsaturated/α-hetero) is 1. The normalized spacial score (nSPS) is 11.1. The van der Waals surface area contributed by atoms with E-state index in [9.17, 15) is 14.4 Å². The Hall–Kier alpha value is -2.69. The molecule has 0 saturated carbocycles. The molecule has 1 aromatic carbocycles. The smallest absolute Gasteiger partial charge is 0.283 e. The Labute approximate surface area is 114 Å². The van der Waals surface area contributed by atoms with Gasteiger partial charge in [-0.1, -0.05) is 30.3 Å². The van der Waals surface area contributed by atoms with Crippen molar-refractivity contribution in [2.75, 3.05) is 0 Å². The van der Waals surface area contributed by atoms with Crippen molar-refractivity contribution >= 4 is 5.78 Å². The third-order valence-electron chi connectivity index (χ3n) is 3.40. The van der Waals surface area contributed by atoms with Crippen molar-refractivity contribution in [1.82, 2.24) is 9.03 Å². The summed E-state index contributed by atoms with van der Waals surface area (Å²) in [6.07, 6.45) is 0. The van der Waals surface area contributed by atoms with E-state index < -0.39 is 5.56 Å². The highest BCUT2D eigenvalue weighted by Gasteiger charge is 2.21. The van der Waals surface area contributed by atoms with E-state index in [4.69, 9.17) is 0 Å². The van der Waals surface area contributed by atoms with Crippen LogP contribution < -0.4 is 11.1 Å². The summed E-state index contributed by atoms with van der Waals surface area (Å²) < 4.78 is 2.52. The minimum absolute atomic E-state index is 0.0693. The van der Waals surface area contributed by atoms with Crippen LogP contribution >= 0.6 is 0 Å². The fraction of sp³-hybridized carbons (Fsp3) is 0.133. The lowest BCUT2D eigenvalue weighted by molar-refractivity contribution is 0.101. The zero-order valence-electron chi connectivity index (χ0n) is 11.1. The van der Waals surface area contributed by atoms with Crippen LogP contribution in [0.25, 0.3) is 11.3 Å². The number of aromatic nitrogens is 2. The van der Waals surface area contributed by atoms with Gasteiger partial charge in [-0.2, -0.15) is 0 Å². The molecule has 0 saturated heterocycles. The summed E-state index contributed by atoms with van der Waals surface area (Å²) in [6.45, 7) is 2.94. The van der Waals surface area contributed by atoms with Gasteiger partial charge in [0.05, 0.1) is 11.4 Å². The van der Waals surface area contributed by atoms with Gasteiger partial charge in [0, 0.05) is 11.6 Å². The van der Waals surface area contributed by atoms with Crippen LogP contribution in [0.2, 0.25) is 0 Å². The lowest BCUT2D eigenvalue weighted by Crippen LogP contribution is -2.17. The summed E-state index contributed by atoms with van der Waals surface area (Å²) in [4.78, 5) is 36.0. The van der Waals surface area contributed by atoms with Gasteiger partial charge in [0.2, 0.25) is 0 Å². The van der Waals surface area contributed by atoms with Crippen LogP contribution in [0.5, 0.6) is 0 Å². The lowest BCUT2D eigenvalue weighted by atomic mass is 10.1. The minimum Gasteiger partial charge on any atom is -0.294 e. The summed E-state index contributed by atoms with van der Waals surface area (Å²) in [5.41, 5.74) is 0.946. The van der Waals surface area contributed by atoms with Crippen molar-refractivity contribution in [2.24, 2.45) is 0 Å². The number of carbonyl (C=O) groups is 1. The molecule has 0 bridgehead atoms. The van der Waals surface area contributed by atoms with E-state index in [0.717, 1.165) is 5.56 Å². The summed E-state index contributed by atoms with van der Waals surface area (Å²) in [6, 6.07) is 10.6. The molecule has 3 rings (SSSR count). The molecule has 0 aliphatic carbocycles. The van der Waals surface area contributed by atoms with E-state index in [2.05, 4.69) is 0 Å². The molecule has 5 heteroatoms. The number of rotatable bonds is 2. The van der Waals surface area contributed by atoms with Gasteiger partial charge >= 0.3 is 0 Å². The number of carbonyl (C=O) groups excluding carboxylic acids is 1. The zero-order valence-corrected chi connectivity index (χ0v) is 11.1. The van der Waals surface area contributed by atoms with E-state index in [1.807, 2.05) is 30.3 Å². The van der Waals surface area contributed by atoms with Gasteiger partial charge in [0.1, 0.15) is 5.56 Å². The molecule has 0 atom stereocenters. The first-order valence-electron chi connectivity index (χ1n) is 6.19. The second-order valence-corrected chi connectivity index (χ2v) is 4.68. The van der Waals surface area contributed by atoms with Gasteiger partial charge in [0.15, 0.2) is 5.78 Å². The number of ketones is 1. The first kappa shape index (κ1) is 12.3. The fourth-order valence-corrected chi connectivity index (χ4v) is 2.55. The van der Waals surface area contributed by atoms with Gasteiger partial charge in [-0.25, -0.2) is 9.03 Å². The molecule has 0 aliphatic rings.